The Kier molecular flexibility index (Phi) is 4.57. The van der Waals surface area contributed by atoms with E-state index in [1.165, 1.54) is 5.56 Å². The molecule has 0 bridgehead atoms. The first-order valence-electron chi connectivity index (χ1n) is 7.05. The SMILES string of the molecule is CC[C@@H](NC(=O)c1ccc(C)cc1C)c1ccccc1. The average Bonchev–Trinajstić information content (AvgIpc) is 2.45. The number of carbonyl (C=O) groups excluding carboxylic acids is 1. The second-order valence-electron chi connectivity index (χ2n) is 5.16. The normalized spacial score (nSPS) is 11.9. The Morgan fingerprint density at radius 3 is 2.40 bits per heavy atom. The van der Waals surface area contributed by atoms with Gasteiger partial charge in [0.25, 0.3) is 5.91 Å². The molecule has 2 rings (SSSR count). The summed E-state index contributed by atoms with van der Waals surface area (Å²) in [6.45, 7) is 6.10. The van der Waals surface area contributed by atoms with Gasteiger partial charge in [0, 0.05) is 5.56 Å². The van der Waals surface area contributed by atoms with Crippen LogP contribution < -0.4 is 5.32 Å². The molecule has 2 aromatic rings. The first kappa shape index (κ1) is 14.3. The molecule has 1 amide bonds. The minimum absolute atomic E-state index is 0.00166. The van der Waals surface area contributed by atoms with Gasteiger partial charge >= 0.3 is 0 Å². The van der Waals surface area contributed by atoms with Gasteiger partial charge in [-0.3, -0.25) is 4.79 Å². The third-order valence-electron chi connectivity index (χ3n) is 3.54. The number of hydrogen-bond acceptors (Lipinski definition) is 1. The molecule has 1 atom stereocenters. The summed E-state index contributed by atoms with van der Waals surface area (Å²) in [5.74, 6) is -0.00166. The first-order chi connectivity index (χ1) is 9.61. The van der Waals surface area contributed by atoms with Gasteiger partial charge in [0.15, 0.2) is 0 Å². The van der Waals surface area contributed by atoms with Crippen molar-refractivity contribution in [3.63, 3.8) is 0 Å². The van der Waals surface area contributed by atoms with E-state index < -0.39 is 0 Å². The van der Waals surface area contributed by atoms with Crippen molar-refractivity contribution in [1.29, 1.82) is 0 Å². The molecule has 1 N–H and O–H groups in total. The van der Waals surface area contributed by atoms with Gasteiger partial charge in [0.05, 0.1) is 6.04 Å². The Morgan fingerprint density at radius 2 is 1.80 bits per heavy atom. The van der Waals surface area contributed by atoms with Crippen LogP contribution in [0.25, 0.3) is 0 Å². The van der Waals surface area contributed by atoms with Crippen LogP contribution in [-0.2, 0) is 0 Å². The van der Waals surface area contributed by atoms with Gasteiger partial charge in [-0.2, -0.15) is 0 Å². The standard InChI is InChI=1S/C18H21NO/c1-4-17(15-8-6-5-7-9-15)19-18(20)16-11-10-13(2)12-14(16)3/h5-12,17H,4H2,1-3H3,(H,19,20)/t17-/m1/s1. The number of carbonyl (C=O) groups is 1. The molecule has 0 unspecified atom stereocenters. The van der Waals surface area contributed by atoms with E-state index in [0.29, 0.717) is 0 Å². The zero-order chi connectivity index (χ0) is 14.5. The van der Waals surface area contributed by atoms with E-state index in [4.69, 9.17) is 0 Å². The van der Waals surface area contributed by atoms with E-state index >= 15 is 0 Å². The van der Waals surface area contributed by atoms with Gasteiger partial charge in [-0.25, -0.2) is 0 Å². The van der Waals surface area contributed by atoms with Crippen LogP contribution in [0.1, 0.15) is 46.4 Å². The Bertz CT molecular complexity index is 590. The van der Waals surface area contributed by atoms with E-state index in [-0.39, 0.29) is 11.9 Å². The molecule has 2 nitrogen and oxygen atoms in total. The molecule has 0 fully saturated rings. The van der Waals surface area contributed by atoms with Crippen LogP contribution in [0.5, 0.6) is 0 Å². The fourth-order valence-electron chi connectivity index (χ4n) is 2.41. The van der Waals surface area contributed by atoms with E-state index in [0.717, 1.165) is 23.1 Å². The van der Waals surface area contributed by atoms with Crippen molar-refractivity contribution >= 4 is 5.91 Å². The lowest BCUT2D eigenvalue weighted by molar-refractivity contribution is 0.0935. The molecular formula is C18H21NO. The van der Waals surface area contributed by atoms with Gasteiger partial charge < -0.3 is 5.32 Å². The lowest BCUT2D eigenvalue weighted by Gasteiger charge is -2.18. The minimum atomic E-state index is -0.00166. The highest BCUT2D eigenvalue weighted by Gasteiger charge is 2.15. The van der Waals surface area contributed by atoms with Crippen molar-refractivity contribution in [2.24, 2.45) is 0 Å². The maximum atomic E-state index is 12.4. The third kappa shape index (κ3) is 3.27. The third-order valence-corrected chi connectivity index (χ3v) is 3.54. The van der Waals surface area contributed by atoms with Crippen molar-refractivity contribution in [3.8, 4) is 0 Å². The van der Waals surface area contributed by atoms with Crippen molar-refractivity contribution in [3.05, 3.63) is 70.8 Å². The monoisotopic (exact) mass is 267 g/mol. The second kappa shape index (κ2) is 6.38. The summed E-state index contributed by atoms with van der Waals surface area (Å²) in [5.41, 5.74) is 4.10. The fraction of sp³-hybridized carbons (Fsp3) is 0.278. The largest absolute Gasteiger partial charge is 0.345 e. The molecule has 0 heterocycles. The van der Waals surface area contributed by atoms with Crippen LogP contribution in [0.3, 0.4) is 0 Å². The van der Waals surface area contributed by atoms with Gasteiger partial charge in [-0.05, 0) is 37.5 Å². The Balaban J connectivity index is 2.17. The van der Waals surface area contributed by atoms with Gasteiger partial charge in [-0.1, -0.05) is 55.0 Å². The topological polar surface area (TPSA) is 29.1 Å². The first-order valence-corrected chi connectivity index (χ1v) is 7.05. The lowest BCUT2D eigenvalue weighted by atomic mass is 10.0. The van der Waals surface area contributed by atoms with E-state index in [1.54, 1.807) is 0 Å². The molecule has 0 aliphatic rings. The number of nitrogens with one attached hydrogen (secondary N) is 1. The van der Waals surface area contributed by atoms with Crippen LogP contribution >= 0.6 is 0 Å². The summed E-state index contributed by atoms with van der Waals surface area (Å²) < 4.78 is 0. The van der Waals surface area contributed by atoms with E-state index in [2.05, 4.69) is 24.4 Å². The Morgan fingerprint density at radius 1 is 1.10 bits per heavy atom. The quantitative estimate of drug-likeness (QED) is 0.884. The fourth-order valence-corrected chi connectivity index (χ4v) is 2.41. The molecule has 20 heavy (non-hydrogen) atoms. The Labute approximate surface area is 120 Å². The smallest absolute Gasteiger partial charge is 0.252 e. The van der Waals surface area contributed by atoms with Crippen LogP contribution in [0.2, 0.25) is 0 Å². The van der Waals surface area contributed by atoms with E-state index in [1.807, 2.05) is 50.2 Å². The maximum absolute atomic E-state index is 12.4. The number of amides is 1. The molecule has 0 aliphatic heterocycles. The molecule has 0 aliphatic carbocycles. The molecular weight excluding hydrogens is 246 g/mol. The van der Waals surface area contributed by atoms with Crippen LogP contribution in [0.4, 0.5) is 0 Å². The van der Waals surface area contributed by atoms with Crippen molar-refractivity contribution < 1.29 is 4.79 Å². The molecule has 0 radical (unpaired) electrons. The molecule has 0 saturated heterocycles. The average molecular weight is 267 g/mol. The zero-order valence-corrected chi connectivity index (χ0v) is 12.3. The predicted octanol–water partition coefficient (Wildman–Crippen LogP) is 4.18. The van der Waals surface area contributed by atoms with E-state index in [9.17, 15) is 4.79 Å². The molecule has 104 valence electrons. The number of hydrogen-bond donors (Lipinski definition) is 1. The highest BCUT2D eigenvalue weighted by atomic mass is 16.1. The maximum Gasteiger partial charge on any atom is 0.252 e. The summed E-state index contributed by atoms with van der Waals surface area (Å²) in [5, 5.41) is 3.12. The second-order valence-corrected chi connectivity index (χ2v) is 5.16. The van der Waals surface area contributed by atoms with Crippen LogP contribution in [0, 0.1) is 13.8 Å². The van der Waals surface area contributed by atoms with Crippen LogP contribution in [0.15, 0.2) is 48.5 Å². The highest BCUT2D eigenvalue weighted by Crippen LogP contribution is 2.18. The molecule has 2 heteroatoms. The van der Waals surface area contributed by atoms with Gasteiger partial charge in [0.2, 0.25) is 0 Å². The predicted molar refractivity (Wildman–Crippen MR) is 82.9 cm³/mol. The van der Waals surface area contributed by atoms with Crippen LogP contribution in [-0.4, -0.2) is 5.91 Å². The summed E-state index contributed by atoms with van der Waals surface area (Å²) >= 11 is 0. The van der Waals surface area contributed by atoms with Crippen molar-refractivity contribution in [2.75, 3.05) is 0 Å². The van der Waals surface area contributed by atoms with Gasteiger partial charge in [-0.15, -0.1) is 0 Å². The lowest BCUT2D eigenvalue weighted by Crippen LogP contribution is -2.28. The van der Waals surface area contributed by atoms with Crippen molar-refractivity contribution in [2.45, 2.75) is 33.2 Å². The number of aryl methyl sites for hydroxylation is 2. The Hall–Kier alpha value is -2.09. The number of benzene rings is 2. The summed E-state index contributed by atoms with van der Waals surface area (Å²) in [6.07, 6.45) is 0.876. The summed E-state index contributed by atoms with van der Waals surface area (Å²) in [4.78, 5) is 12.4. The molecule has 0 spiro atoms. The molecule has 0 saturated carbocycles. The zero-order valence-electron chi connectivity index (χ0n) is 12.3. The molecule has 0 aromatic heterocycles. The summed E-state index contributed by atoms with van der Waals surface area (Å²) in [6, 6.07) is 16.1. The summed E-state index contributed by atoms with van der Waals surface area (Å²) in [7, 11) is 0. The molecule has 2 aromatic carbocycles. The highest BCUT2D eigenvalue weighted by molar-refractivity contribution is 5.95. The number of rotatable bonds is 4. The van der Waals surface area contributed by atoms with Crippen molar-refractivity contribution in [1.82, 2.24) is 5.32 Å². The van der Waals surface area contributed by atoms with Gasteiger partial charge in [0.1, 0.15) is 0 Å². The minimum Gasteiger partial charge on any atom is -0.345 e.